The first-order valence-electron chi connectivity index (χ1n) is 17.5. The van der Waals surface area contributed by atoms with Gasteiger partial charge in [0, 0.05) is 39.3 Å². The molecule has 0 spiro atoms. The lowest BCUT2D eigenvalue weighted by Gasteiger charge is -2.28. The van der Waals surface area contributed by atoms with E-state index in [1.54, 1.807) is 0 Å². The zero-order chi connectivity index (χ0) is 34.3. The van der Waals surface area contributed by atoms with Gasteiger partial charge in [-0.05, 0) is 97.8 Å². The van der Waals surface area contributed by atoms with Crippen molar-refractivity contribution in [1.29, 1.82) is 0 Å². The van der Waals surface area contributed by atoms with Crippen LogP contribution in [0, 0.1) is 0 Å². The Hall–Kier alpha value is -5.08. The van der Waals surface area contributed by atoms with Crippen molar-refractivity contribution in [2.45, 2.75) is 71.6 Å². The summed E-state index contributed by atoms with van der Waals surface area (Å²) in [5, 5.41) is 2.38. The fraction of sp³-hybridized carbons (Fsp3) is 0.234. The van der Waals surface area contributed by atoms with Gasteiger partial charge in [0.15, 0.2) is 0 Å². The molecule has 0 unspecified atom stereocenters. The summed E-state index contributed by atoms with van der Waals surface area (Å²) >= 11 is 0. The molecule has 0 saturated carbocycles. The van der Waals surface area contributed by atoms with E-state index in [0.717, 1.165) is 33.6 Å². The topological polar surface area (TPSA) is 16.4 Å². The predicted molar refractivity (Wildman–Crippen MR) is 209 cm³/mol. The Morgan fingerprint density at radius 2 is 1.16 bits per heavy atom. The van der Waals surface area contributed by atoms with Crippen LogP contribution in [0.4, 0.5) is 17.1 Å². The van der Waals surface area contributed by atoms with Gasteiger partial charge in [-0.1, -0.05) is 134 Å². The zero-order valence-corrected chi connectivity index (χ0v) is 30.0. The third-order valence-corrected chi connectivity index (χ3v) is 10.5. The molecule has 1 aromatic heterocycles. The molecule has 1 heterocycles. The second-order valence-corrected chi connectivity index (χ2v) is 16.3. The van der Waals surface area contributed by atoms with Crippen molar-refractivity contribution in [3.8, 4) is 22.3 Å². The molecule has 0 radical (unpaired) electrons. The molecule has 0 aliphatic heterocycles. The lowest BCUT2D eigenvalue weighted by atomic mass is 9.79. The van der Waals surface area contributed by atoms with Crippen molar-refractivity contribution in [1.82, 2.24) is 0 Å². The van der Waals surface area contributed by atoms with E-state index in [4.69, 9.17) is 4.42 Å². The van der Waals surface area contributed by atoms with E-state index < -0.39 is 0 Å². The third-order valence-electron chi connectivity index (χ3n) is 10.5. The summed E-state index contributed by atoms with van der Waals surface area (Å²) in [6.45, 7) is 18.4. The Labute approximate surface area is 291 Å². The summed E-state index contributed by atoms with van der Waals surface area (Å²) in [7, 11) is 0. The van der Waals surface area contributed by atoms with E-state index in [-0.39, 0.29) is 16.2 Å². The SMILES string of the molecule is CC(C)(C)c1cc(C(C)(C)C)c2c(c1)oc1cc(N(c3cccc(-c4ccccc4)c3)c3ccc4c(c3)C(C)(C)c3ccccc3-4)ccc12. The minimum absolute atomic E-state index is 0.0138. The van der Waals surface area contributed by atoms with Crippen LogP contribution < -0.4 is 4.90 Å². The standard InChI is InChI=1S/C47H45NO/c1-45(2,3)32-26-41(46(4,5)6)44-38-24-22-35(29-42(38)49-43(44)27-32)48(33-18-14-17-31(25-33)30-15-10-9-11-16-30)34-21-23-37-36-19-12-13-20-39(36)47(7,8)40(37)28-34/h9-29H,1-8H3. The van der Waals surface area contributed by atoms with Crippen LogP contribution in [-0.2, 0) is 16.2 Å². The molecule has 0 fully saturated rings. The highest BCUT2D eigenvalue weighted by molar-refractivity contribution is 6.08. The fourth-order valence-corrected chi connectivity index (χ4v) is 7.79. The number of hydrogen-bond acceptors (Lipinski definition) is 2. The van der Waals surface area contributed by atoms with Crippen LogP contribution >= 0.6 is 0 Å². The van der Waals surface area contributed by atoms with Crippen molar-refractivity contribution >= 4 is 39.0 Å². The number of nitrogens with zero attached hydrogens (tertiary/aromatic N) is 1. The minimum Gasteiger partial charge on any atom is -0.456 e. The number of hydrogen-bond donors (Lipinski definition) is 0. The van der Waals surface area contributed by atoms with E-state index >= 15 is 0 Å². The van der Waals surface area contributed by atoms with Crippen molar-refractivity contribution < 1.29 is 4.42 Å². The summed E-state index contributed by atoms with van der Waals surface area (Å²) in [5.74, 6) is 0. The Morgan fingerprint density at radius 3 is 1.92 bits per heavy atom. The van der Waals surface area contributed by atoms with Gasteiger partial charge in [0.1, 0.15) is 11.2 Å². The van der Waals surface area contributed by atoms with Gasteiger partial charge in [0.2, 0.25) is 0 Å². The van der Waals surface area contributed by atoms with Gasteiger partial charge in [-0.3, -0.25) is 0 Å². The summed E-state index contributed by atoms with van der Waals surface area (Å²) in [5.41, 5.74) is 15.4. The summed E-state index contributed by atoms with van der Waals surface area (Å²) in [6.07, 6.45) is 0. The van der Waals surface area contributed by atoms with Gasteiger partial charge < -0.3 is 9.32 Å². The molecule has 2 heteroatoms. The Kier molecular flexibility index (Phi) is 6.99. The molecule has 2 nitrogen and oxygen atoms in total. The van der Waals surface area contributed by atoms with E-state index in [1.165, 1.54) is 49.9 Å². The molecular formula is C47H45NO. The maximum atomic E-state index is 6.80. The largest absolute Gasteiger partial charge is 0.456 e. The maximum absolute atomic E-state index is 6.80. The number of furan rings is 1. The molecule has 1 aliphatic carbocycles. The van der Waals surface area contributed by atoms with E-state index in [1.807, 2.05) is 0 Å². The molecule has 0 saturated heterocycles. The summed E-state index contributed by atoms with van der Waals surface area (Å²) in [4.78, 5) is 2.39. The van der Waals surface area contributed by atoms with E-state index in [9.17, 15) is 0 Å². The average molecular weight is 640 g/mol. The lowest BCUT2D eigenvalue weighted by Crippen LogP contribution is -2.16. The van der Waals surface area contributed by atoms with Crippen LogP contribution in [0.2, 0.25) is 0 Å². The first kappa shape index (κ1) is 31.2. The van der Waals surface area contributed by atoms with Crippen LogP contribution in [0.5, 0.6) is 0 Å². The number of anilines is 3. The average Bonchev–Trinajstić information content (AvgIpc) is 3.56. The lowest BCUT2D eigenvalue weighted by molar-refractivity contribution is 0.569. The van der Waals surface area contributed by atoms with Crippen LogP contribution in [0.1, 0.15) is 77.6 Å². The Bertz CT molecular complexity index is 2380. The van der Waals surface area contributed by atoms with Crippen LogP contribution in [-0.4, -0.2) is 0 Å². The molecule has 0 N–H and O–H groups in total. The Balaban J connectivity index is 1.35. The van der Waals surface area contributed by atoms with Crippen molar-refractivity contribution in [3.05, 3.63) is 150 Å². The highest BCUT2D eigenvalue weighted by atomic mass is 16.3. The second kappa shape index (κ2) is 11.0. The van der Waals surface area contributed by atoms with Crippen molar-refractivity contribution in [2.75, 3.05) is 4.90 Å². The summed E-state index contributed by atoms with van der Waals surface area (Å²) in [6, 6.07) is 46.8. The smallest absolute Gasteiger partial charge is 0.137 e. The molecule has 1 aliphatic rings. The molecule has 0 amide bonds. The number of rotatable bonds is 4. The zero-order valence-electron chi connectivity index (χ0n) is 30.0. The highest BCUT2D eigenvalue weighted by Gasteiger charge is 2.36. The fourth-order valence-electron chi connectivity index (χ4n) is 7.79. The van der Waals surface area contributed by atoms with Crippen LogP contribution in [0.15, 0.2) is 132 Å². The number of fused-ring (bicyclic) bond motifs is 6. The van der Waals surface area contributed by atoms with Crippen molar-refractivity contribution in [3.63, 3.8) is 0 Å². The third kappa shape index (κ3) is 5.17. The molecular weight excluding hydrogens is 595 g/mol. The first-order chi connectivity index (χ1) is 23.3. The minimum atomic E-state index is -0.101. The van der Waals surface area contributed by atoms with E-state index in [0.29, 0.717) is 0 Å². The van der Waals surface area contributed by atoms with E-state index in [2.05, 4.69) is 188 Å². The van der Waals surface area contributed by atoms with Crippen LogP contribution in [0.3, 0.4) is 0 Å². The van der Waals surface area contributed by atoms with Gasteiger partial charge in [-0.15, -0.1) is 0 Å². The second-order valence-electron chi connectivity index (χ2n) is 16.3. The number of benzene rings is 6. The summed E-state index contributed by atoms with van der Waals surface area (Å²) < 4.78 is 6.80. The van der Waals surface area contributed by atoms with Crippen molar-refractivity contribution in [2.24, 2.45) is 0 Å². The van der Waals surface area contributed by atoms with Gasteiger partial charge in [0.25, 0.3) is 0 Å². The monoisotopic (exact) mass is 639 g/mol. The predicted octanol–water partition coefficient (Wildman–Crippen LogP) is 13.6. The molecule has 0 bridgehead atoms. The van der Waals surface area contributed by atoms with Gasteiger partial charge in [0.05, 0.1) is 0 Å². The maximum Gasteiger partial charge on any atom is 0.137 e. The normalized spacial score (nSPS) is 13.9. The van der Waals surface area contributed by atoms with Crippen LogP contribution in [0.25, 0.3) is 44.2 Å². The Morgan fingerprint density at radius 1 is 0.510 bits per heavy atom. The quantitative estimate of drug-likeness (QED) is 0.191. The molecule has 0 atom stereocenters. The van der Waals surface area contributed by atoms with Gasteiger partial charge in [-0.2, -0.15) is 0 Å². The molecule has 49 heavy (non-hydrogen) atoms. The molecule has 6 aromatic carbocycles. The van der Waals surface area contributed by atoms with Gasteiger partial charge in [-0.25, -0.2) is 0 Å². The first-order valence-corrected chi connectivity index (χ1v) is 17.5. The highest BCUT2D eigenvalue weighted by Crippen LogP contribution is 2.51. The molecule has 244 valence electrons. The van der Waals surface area contributed by atoms with Gasteiger partial charge >= 0.3 is 0 Å². The molecule has 8 rings (SSSR count). The molecule has 7 aromatic rings.